The molecule has 2 heterocycles. The molecule has 0 aliphatic heterocycles. The van der Waals surface area contributed by atoms with E-state index in [0.717, 1.165) is 24.3 Å². The Morgan fingerprint density at radius 1 is 1.39 bits per heavy atom. The molecule has 0 aliphatic carbocycles. The molecule has 2 rings (SSSR count). The van der Waals surface area contributed by atoms with Gasteiger partial charge in [0.25, 0.3) is 11.5 Å². The highest BCUT2D eigenvalue weighted by atomic mass is 32.1. The van der Waals surface area contributed by atoms with Gasteiger partial charge in [0.1, 0.15) is 10.7 Å². The molecule has 9 heteroatoms. The molecule has 8 nitrogen and oxygen atoms in total. The molecule has 0 spiro atoms. The molecule has 2 aromatic heterocycles. The Morgan fingerprint density at radius 3 is 2.96 bits per heavy atom. The highest BCUT2D eigenvalue weighted by molar-refractivity contribution is 7.15. The largest absolute Gasteiger partial charge is 0.383 e. The van der Waals surface area contributed by atoms with Crippen LogP contribution in [-0.2, 0) is 17.7 Å². The first kappa shape index (κ1) is 17.2. The first-order valence-corrected chi connectivity index (χ1v) is 8.16. The van der Waals surface area contributed by atoms with Gasteiger partial charge in [0, 0.05) is 19.6 Å². The van der Waals surface area contributed by atoms with E-state index in [4.69, 9.17) is 4.74 Å². The van der Waals surface area contributed by atoms with Gasteiger partial charge in [-0.25, -0.2) is 4.68 Å². The SMILES string of the molecule is CCCCc1nnc(NC(=O)c2ccc(=O)n(CCOC)n2)s1. The molecule has 0 saturated heterocycles. The van der Waals surface area contributed by atoms with Crippen molar-refractivity contribution >= 4 is 22.4 Å². The van der Waals surface area contributed by atoms with E-state index in [2.05, 4.69) is 27.5 Å². The third-order valence-electron chi connectivity index (χ3n) is 3.04. The van der Waals surface area contributed by atoms with Crippen molar-refractivity contribution in [3.63, 3.8) is 0 Å². The van der Waals surface area contributed by atoms with Gasteiger partial charge in [-0.2, -0.15) is 5.10 Å². The second-order valence-corrected chi connectivity index (χ2v) is 5.89. The lowest BCUT2D eigenvalue weighted by atomic mass is 10.3. The lowest BCUT2D eigenvalue weighted by molar-refractivity contribution is 0.101. The zero-order valence-corrected chi connectivity index (χ0v) is 13.9. The number of anilines is 1. The number of nitrogens with one attached hydrogen (secondary N) is 1. The number of hydrogen-bond donors (Lipinski definition) is 1. The summed E-state index contributed by atoms with van der Waals surface area (Å²) in [6.45, 7) is 2.74. The molecule has 0 saturated carbocycles. The van der Waals surface area contributed by atoms with Crippen LogP contribution in [-0.4, -0.2) is 39.6 Å². The Bertz CT molecular complexity index is 712. The van der Waals surface area contributed by atoms with Crippen LogP contribution >= 0.6 is 11.3 Å². The fourth-order valence-corrected chi connectivity index (χ4v) is 2.58. The summed E-state index contributed by atoms with van der Waals surface area (Å²) in [6.07, 6.45) is 2.97. The maximum absolute atomic E-state index is 12.2. The van der Waals surface area contributed by atoms with E-state index in [0.29, 0.717) is 11.7 Å². The summed E-state index contributed by atoms with van der Waals surface area (Å²) < 4.78 is 6.11. The van der Waals surface area contributed by atoms with Gasteiger partial charge < -0.3 is 4.74 Å². The van der Waals surface area contributed by atoms with Crippen molar-refractivity contribution in [3.05, 3.63) is 33.2 Å². The summed E-state index contributed by atoms with van der Waals surface area (Å²) in [5, 5.41) is 16.0. The summed E-state index contributed by atoms with van der Waals surface area (Å²) >= 11 is 1.35. The van der Waals surface area contributed by atoms with Crippen LogP contribution in [0.5, 0.6) is 0 Å². The molecule has 0 atom stereocenters. The normalized spacial score (nSPS) is 10.7. The Labute approximate surface area is 137 Å². The van der Waals surface area contributed by atoms with Crippen LogP contribution in [0.15, 0.2) is 16.9 Å². The fraction of sp³-hybridized carbons (Fsp3) is 0.500. The first-order chi connectivity index (χ1) is 11.1. The maximum atomic E-state index is 12.2. The molecule has 23 heavy (non-hydrogen) atoms. The van der Waals surface area contributed by atoms with Gasteiger partial charge in [-0.1, -0.05) is 24.7 Å². The van der Waals surface area contributed by atoms with Crippen LogP contribution in [0.3, 0.4) is 0 Å². The smallest absolute Gasteiger partial charge is 0.277 e. The Hall–Kier alpha value is -2.13. The van der Waals surface area contributed by atoms with Crippen LogP contribution in [0.1, 0.15) is 35.3 Å². The van der Waals surface area contributed by atoms with Crippen LogP contribution in [0.25, 0.3) is 0 Å². The molecule has 1 N–H and O–H groups in total. The lowest BCUT2D eigenvalue weighted by Crippen LogP contribution is -2.27. The maximum Gasteiger partial charge on any atom is 0.277 e. The number of aromatic nitrogens is 4. The minimum Gasteiger partial charge on any atom is -0.383 e. The van der Waals surface area contributed by atoms with Gasteiger partial charge in [0.05, 0.1) is 13.2 Å². The number of nitrogens with zero attached hydrogens (tertiary/aromatic N) is 4. The standard InChI is InChI=1S/C14H19N5O3S/c1-3-4-5-11-16-17-14(23-11)15-13(21)10-6-7-12(20)19(18-10)8-9-22-2/h6-7H,3-5,8-9H2,1-2H3,(H,15,17,21). The number of aryl methyl sites for hydroxylation is 1. The van der Waals surface area contributed by atoms with E-state index in [1.807, 2.05) is 0 Å². The van der Waals surface area contributed by atoms with Crippen molar-refractivity contribution in [2.75, 3.05) is 19.0 Å². The molecule has 124 valence electrons. The van der Waals surface area contributed by atoms with Gasteiger partial charge in [-0.05, 0) is 12.5 Å². The van der Waals surface area contributed by atoms with E-state index in [1.165, 1.54) is 35.3 Å². The lowest BCUT2D eigenvalue weighted by Gasteiger charge is -2.05. The Balaban J connectivity index is 2.05. The van der Waals surface area contributed by atoms with E-state index in [1.54, 1.807) is 0 Å². The van der Waals surface area contributed by atoms with Crippen LogP contribution in [0.2, 0.25) is 0 Å². The first-order valence-electron chi connectivity index (χ1n) is 7.35. The van der Waals surface area contributed by atoms with Crippen molar-refractivity contribution in [1.29, 1.82) is 0 Å². The van der Waals surface area contributed by atoms with Gasteiger partial charge in [-0.15, -0.1) is 10.2 Å². The third kappa shape index (κ3) is 4.93. The topological polar surface area (TPSA) is 99.0 Å². The van der Waals surface area contributed by atoms with E-state index in [9.17, 15) is 9.59 Å². The molecular formula is C14H19N5O3S. The zero-order valence-electron chi connectivity index (χ0n) is 13.1. The molecule has 0 bridgehead atoms. The van der Waals surface area contributed by atoms with Crippen LogP contribution < -0.4 is 10.9 Å². The van der Waals surface area contributed by atoms with Gasteiger partial charge >= 0.3 is 0 Å². The summed E-state index contributed by atoms with van der Waals surface area (Å²) in [5.41, 5.74) is -0.137. The van der Waals surface area contributed by atoms with Gasteiger partial charge in [-0.3, -0.25) is 14.9 Å². The average Bonchev–Trinajstić information content (AvgIpc) is 2.99. The van der Waals surface area contributed by atoms with E-state index >= 15 is 0 Å². The van der Waals surface area contributed by atoms with E-state index < -0.39 is 5.91 Å². The van der Waals surface area contributed by atoms with Crippen molar-refractivity contribution in [2.24, 2.45) is 0 Å². The number of methoxy groups -OCH3 is 1. The third-order valence-corrected chi connectivity index (χ3v) is 3.94. The monoisotopic (exact) mass is 337 g/mol. The van der Waals surface area contributed by atoms with Crippen molar-refractivity contribution in [1.82, 2.24) is 20.0 Å². The summed E-state index contributed by atoms with van der Waals surface area (Å²) in [7, 11) is 1.53. The molecule has 1 amide bonds. The van der Waals surface area contributed by atoms with Crippen molar-refractivity contribution < 1.29 is 9.53 Å². The molecular weight excluding hydrogens is 318 g/mol. The molecule has 2 aromatic rings. The fourth-order valence-electron chi connectivity index (χ4n) is 1.80. The van der Waals surface area contributed by atoms with Crippen molar-refractivity contribution in [2.45, 2.75) is 32.7 Å². The van der Waals surface area contributed by atoms with Crippen LogP contribution in [0.4, 0.5) is 5.13 Å². The highest BCUT2D eigenvalue weighted by Gasteiger charge is 2.13. The molecule has 0 fully saturated rings. The Kier molecular flexibility index (Phi) is 6.36. The number of amides is 1. The molecule has 0 unspecified atom stereocenters. The number of hydrogen-bond acceptors (Lipinski definition) is 7. The highest BCUT2D eigenvalue weighted by Crippen LogP contribution is 2.17. The number of ether oxygens (including phenoxy) is 1. The summed E-state index contributed by atoms with van der Waals surface area (Å²) in [6, 6.07) is 2.70. The number of carbonyl (C=O) groups excluding carboxylic acids is 1. The zero-order chi connectivity index (χ0) is 16.7. The number of unbranched alkanes of at least 4 members (excludes halogenated alkanes) is 1. The number of rotatable bonds is 8. The second-order valence-electron chi connectivity index (χ2n) is 4.83. The minimum absolute atomic E-state index is 0.144. The predicted molar refractivity (Wildman–Crippen MR) is 86.8 cm³/mol. The summed E-state index contributed by atoms with van der Waals surface area (Å²) in [5.74, 6) is -0.422. The molecule has 0 radical (unpaired) electrons. The van der Waals surface area contributed by atoms with Gasteiger partial charge in [0.2, 0.25) is 5.13 Å². The minimum atomic E-state index is -0.422. The second kappa shape index (κ2) is 8.49. The van der Waals surface area contributed by atoms with E-state index in [-0.39, 0.29) is 17.8 Å². The quantitative estimate of drug-likeness (QED) is 0.780. The van der Waals surface area contributed by atoms with Crippen LogP contribution in [0, 0.1) is 0 Å². The molecule has 0 aliphatic rings. The number of carbonyl (C=O) groups is 1. The van der Waals surface area contributed by atoms with Crippen molar-refractivity contribution in [3.8, 4) is 0 Å². The van der Waals surface area contributed by atoms with Gasteiger partial charge in [0.15, 0.2) is 0 Å². The average molecular weight is 337 g/mol. The Morgan fingerprint density at radius 2 is 2.22 bits per heavy atom. The molecule has 0 aromatic carbocycles. The summed E-state index contributed by atoms with van der Waals surface area (Å²) in [4.78, 5) is 23.8. The predicted octanol–water partition coefficient (Wildman–Crippen LogP) is 1.34.